The molecule has 0 bridgehead atoms. The van der Waals surface area contributed by atoms with Crippen LogP contribution < -0.4 is 19.6 Å². The monoisotopic (exact) mass is 578 g/mol. The first-order valence-electron chi connectivity index (χ1n) is 11.8. The smallest absolute Gasteiger partial charge is 0.370 e. The average Bonchev–Trinajstić information content (AvgIpc) is 2.93. The molecular formula is C26H26O15. The maximum absolute atomic E-state index is 12.2. The third-order valence-corrected chi connectivity index (χ3v) is 6.31. The second kappa shape index (κ2) is 11.5. The van der Waals surface area contributed by atoms with Crippen molar-refractivity contribution >= 4 is 12.0 Å². The predicted molar refractivity (Wildman–Crippen MR) is 136 cm³/mol. The van der Waals surface area contributed by atoms with Gasteiger partial charge in [0.25, 0.3) is 0 Å². The van der Waals surface area contributed by atoms with Gasteiger partial charge in [-0.15, -0.1) is 0 Å². The number of carbonyl (C=O) groups is 1. The molecule has 0 amide bonds. The summed E-state index contributed by atoms with van der Waals surface area (Å²) in [6, 6.07) is 4.24. The zero-order chi connectivity index (χ0) is 30.2. The van der Waals surface area contributed by atoms with Gasteiger partial charge >= 0.3 is 5.97 Å². The molecule has 2 aliphatic heterocycles. The maximum Gasteiger partial charge on any atom is 0.370 e. The molecule has 0 spiro atoms. The third kappa shape index (κ3) is 5.44. The summed E-state index contributed by atoms with van der Waals surface area (Å²) in [7, 11) is 2.48. The average molecular weight is 578 g/mol. The van der Waals surface area contributed by atoms with Gasteiger partial charge in [0, 0.05) is 23.3 Å². The second-order valence-electron chi connectivity index (χ2n) is 8.87. The molecule has 4 rings (SSSR count). The normalized spacial score (nSPS) is 22.9. The van der Waals surface area contributed by atoms with Crippen molar-refractivity contribution in [1.29, 1.82) is 0 Å². The van der Waals surface area contributed by atoms with E-state index in [0.29, 0.717) is 6.08 Å². The Hall–Kier alpha value is -4.54. The molecule has 2 heterocycles. The quantitative estimate of drug-likeness (QED) is 0.129. The Morgan fingerprint density at radius 1 is 0.976 bits per heavy atom. The van der Waals surface area contributed by atoms with E-state index in [0.717, 1.165) is 12.1 Å². The van der Waals surface area contributed by atoms with Crippen LogP contribution in [0.1, 0.15) is 5.56 Å². The number of aliphatic hydroxyl groups is 5. The fraction of sp³-hybridized carbons (Fsp3) is 0.308. The minimum absolute atomic E-state index is 0.0123. The van der Waals surface area contributed by atoms with Crippen LogP contribution in [0.15, 0.2) is 39.2 Å². The van der Waals surface area contributed by atoms with Gasteiger partial charge in [-0.1, -0.05) is 0 Å². The van der Waals surface area contributed by atoms with E-state index in [1.54, 1.807) is 0 Å². The van der Waals surface area contributed by atoms with Crippen molar-refractivity contribution in [1.82, 2.24) is 0 Å². The molecule has 15 nitrogen and oxygen atoms in total. The van der Waals surface area contributed by atoms with Crippen LogP contribution in [0.3, 0.4) is 0 Å². The van der Waals surface area contributed by atoms with Gasteiger partial charge in [0.05, 0.1) is 26.4 Å². The molecule has 1 aromatic carbocycles. The van der Waals surface area contributed by atoms with Crippen molar-refractivity contribution in [2.24, 2.45) is 0 Å². The van der Waals surface area contributed by atoms with Crippen molar-refractivity contribution in [2.45, 2.75) is 30.7 Å². The molecule has 1 fully saturated rings. The van der Waals surface area contributed by atoms with Gasteiger partial charge in [0.1, 0.15) is 35.9 Å². The van der Waals surface area contributed by atoms with E-state index in [9.17, 15) is 50.4 Å². The maximum atomic E-state index is 12.2. The summed E-state index contributed by atoms with van der Waals surface area (Å²) in [6.45, 7) is -0.800. The number of carboxylic acids is 1. The third-order valence-electron chi connectivity index (χ3n) is 6.31. The Balaban J connectivity index is 2.10. The van der Waals surface area contributed by atoms with Gasteiger partial charge in [0.15, 0.2) is 28.4 Å². The molecule has 1 aliphatic carbocycles. The molecule has 1 saturated heterocycles. The number of phenols is 2. The topological polar surface area (TPSA) is 246 Å². The number of hydrogen-bond donors (Lipinski definition) is 8. The van der Waals surface area contributed by atoms with E-state index in [1.807, 2.05) is 0 Å². The van der Waals surface area contributed by atoms with Gasteiger partial charge in [0.2, 0.25) is 17.8 Å². The van der Waals surface area contributed by atoms with Crippen LogP contribution in [0.4, 0.5) is 0 Å². The van der Waals surface area contributed by atoms with E-state index >= 15 is 0 Å². The number of methoxy groups -OCH3 is 2. The molecular weight excluding hydrogens is 552 g/mol. The Morgan fingerprint density at radius 2 is 1.61 bits per heavy atom. The lowest BCUT2D eigenvalue weighted by Gasteiger charge is -2.40. The fourth-order valence-electron chi connectivity index (χ4n) is 4.27. The summed E-state index contributed by atoms with van der Waals surface area (Å²) >= 11 is 0. The Morgan fingerprint density at radius 3 is 2.17 bits per heavy atom. The summed E-state index contributed by atoms with van der Waals surface area (Å²) in [6.07, 6.45) is -8.14. The summed E-state index contributed by atoms with van der Waals surface area (Å²) in [5.41, 5.74) is -1.39. The van der Waals surface area contributed by atoms with Crippen LogP contribution in [0.25, 0.3) is 28.7 Å². The summed E-state index contributed by atoms with van der Waals surface area (Å²) in [4.78, 5) is 23.8. The number of aromatic hydroxyl groups is 2. The number of hydrogen-bond acceptors (Lipinski definition) is 14. The van der Waals surface area contributed by atoms with Crippen molar-refractivity contribution in [2.75, 3.05) is 20.8 Å². The van der Waals surface area contributed by atoms with E-state index < -0.39 is 71.7 Å². The first-order valence-corrected chi connectivity index (χ1v) is 11.8. The van der Waals surface area contributed by atoms with Gasteiger partial charge in [-0.25, -0.2) is 4.79 Å². The standard InChI is InChI=1S/C26H26O15/c1-37-15-3-9(4-16(38-2)19(15)31)23-24(41-26-22(34)21(33)20(32)17(8-27)40-26)11(7-13(30)25(35)36)18-12(29)5-10(28)6-14(18)39-23/h3-7,17,20-22,26-27,29-34H,8H2,1-2H3,(H,35,36)/b13-7+/t17-,20-,21+,22-,26+/m1/s1. The number of benzene rings is 2. The van der Waals surface area contributed by atoms with Crippen LogP contribution in [0.2, 0.25) is 0 Å². The minimum Gasteiger partial charge on any atom is -0.507 e. The minimum atomic E-state index is -1.94. The molecule has 1 aromatic rings. The number of ether oxygens (including phenoxy) is 4. The van der Waals surface area contributed by atoms with Crippen molar-refractivity contribution < 1.29 is 69.0 Å². The van der Waals surface area contributed by atoms with Crippen molar-refractivity contribution in [3.63, 3.8) is 0 Å². The van der Waals surface area contributed by atoms with Gasteiger partial charge in [-0.3, -0.25) is 4.79 Å². The lowest BCUT2D eigenvalue weighted by atomic mass is 9.97. The largest absolute Gasteiger partial charge is 0.507 e. The lowest BCUT2D eigenvalue weighted by molar-refractivity contribution is -0.277. The lowest BCUT2D eigenvalue weighted by Crippen LogP contribution is -2.60. The fourth-order valence-corrected chi connectivity index (χ4v) is 4.27. The van der Waals surface area contributed by atoms with Crippen LogP contribution in [-0.2, 0) is 9.53 Å². The van der Waals surface area contributed by atoms with E-state index in [-0.39, 0.29) is 39.7 Å². The summed E-state index contributed by atoms with van der Waals surface area (Å²) < 4.78 is 27.5. The SMILES string of the molecule is COc1cc(-c2oc3cc(=O)cc(O)c-3c(/C=C(/O)C(=O)O)c2O[C@@H]2O[C@H](CO)[C@@H](O)[C@H](O)[C@H]2O)cc(OC)c1O. The number of rotatable bonds is 8. The van der Waals surface area contributed by atoms with E-state index in [1.165, 1.54) is 26.4 Å². The number of aliphatic hydroxyl groups excluding tert-OH is 5. The van der Waals surface area contributed by atoms with Crippen LogP contribution in [-0.4, -0.2) is 98.4 Å². The summed E-state index contributed by atoms with van der Waals surface area (Å²) in [5, 5.41) is 81.2. The first kappa shape index (κ1) is 29.4. The van der Waals surface area contributed by atoms with Gasteiger partial charge in [-0.2, -0.15) is 0 Å². The number of fused-ring (bicyclic) bond motifs is 1. The highest BCUT2D eigenvalue weighted by Gasteiger charge is 2.45. The first-order chi connectivity index (χ1) is 19.4. The van der Waals surface area contributed by atoms with Crippen molar-refractivity contribution in [3.05, 3.63) is 45.8 Å². The molecule has 5 atom stereocenters. The van der Waals surface area contributed by atoms with E-state index in [2.05, 4.69) is 0 Å². The van der Waals surface area contributed by atoms with Crippen LogP contribution in [0.5, 0.6) is 28.7 Å². The zero-order valence-electron chi connectivity index (χ0n) is 21.4. The highest BCUT2D eigenvalue weighted by atomic mass is 16.7. The molecule has 41 heavy (non-hydrogen) atoms. The second-order valence-corrected chi connectivity index (χ2v) is 8.87. The van der Waals surface area contributed by atoms with Crippen molar-refractivity contribution in [3.8, 4) is 51.4 Å². The van der Waals surface area contributed by atoms with Crippen LogP contribution >= 0.6 is 0 Å². The Kier molecular flexibility index (Phi) is 8.27. The zero-order valence-corrected chi connectivity index (χ0v) is 21.4. The highest BCUT2D eigenvalue weighted by molar-refractivity contribution is 5.94. The molecule has 0 unspecified atom stereocenters. The van der Waals surface area contributed by atoms with Gasteiger partial charge < -0.3 is 64.2 Å². The van der Waals surface area contributed by atoms with Crippen LogP contribution in [0, 0.1) is 0 Å². The Bertz CT molecular complexity index is 1480. The molecule has 3 aliphatic rings. The summed E-state index contributed by atoms with van der Waals surface area (Å²) in [5.74, 6) is -5.55. The Labute approximate surface area is 230 Å². The van der Waals surface area contributed by atoms with Gasteiger partial charge in [-0.05, 0) is 18.2 Å². The molecule has 15 heteroatoms. The van der Waals surface area contributed by atoms with E-state index in [4.69, 9.17) is 23.4 Å². The highest BCUT2D eigenvalue weighted by Crippen LogP contribution is 2.49. The number of phenolic OH excluding ortho intramolecular Hbond substituents is 2. The molecule has 8 N–H and O–H groups in total. The number of aliphatic carboxylic acids is 1. The predicted octanol–water partition coefficient (Wildman–Crippen LogP) is 0.00220. The number of carboxylic acid groups (broad SMARTS) is 1. The molecule has 0 radical (unpaired) electrons. The molecule has 0 saturated carbocycles. The molecule has 0 aromatic heterocycles. The molecule has 220 valence electrons.